The van der Waals surface area contributed by atoms with Crippen molar-refractivity contribution in [3.8, 4) is 0 Å². The van der Waals surface area contributed by atoms with E-state index in [0.717, 1.165) is 12.0 Å². The first-order chi connectivity index (χ1) is 12.1. The standard InChI is InChI=1S/C18H26N6O/c1-4-15(14-8-6-5-7-9-14)20-18(25)23-12-16(22(2)3)17(13-23)24-11-10-19-21-24/h5-11,15-17H,4,12-13H2,1-3H3,(H,20,25)/t15-,16-,17+/m0/s1. The number of likely N-dealkylation sites (N-methyl/N-ethyl adjacent to an activating group) is 1. The third-order valence-corrected chi connectivity index (χ3v) is 4.90. The van der Waals surface area contributed by atoms with E-state index in [1.807, 2.05) is 48.1 Å². The Hall–Kier alpha value is -2.41. The largest absolute Gasteiger partial charge is 0.331 e. The van der Waals surface area contributed by atoms with E-state index in [9.17, 15) is 4.79 Å². The van der Waals surface area contributed by atoms with E-state index < -0.39 is 0 Å². The van der Waals surface area contributed by atoms with Crippen molar-refractivity contribution in [1.29, 1.82) is 0 Å². The number of benzene rings is 1. The number of hydrogen-bond donors (Lipinski definition) is 1. The molecular formula is C18H26N6O. The molecule has 0 aliphatic carbocycles. The van der Waals surface area contributed by atoms with Crippen LogP contribution in [0.25, 0.3) is 0 Å². The van der Waals surface area contributed by atoms with Gasteiger partial charge in [0.1, 0.15) is 0 Å². The monoisotopic (exact) mass is 342 g/mol. The molecule has 1 N–H and O–H groups in total. The molecule has 3 atom stereocenters. The number of carbonyl (C=O) groups is 1. The highest BCUT2D eigenvalue weighted by Gasteiger charge is 2.38. The van der Waals surface area contributed by atoms with Crippen LogP contribution in [0, 0.1) is 0 Å². The molecule has 1 aromatic carbocycles. The average Bonchev–Trinajstić information content (AvgIpc) is 3.29. The number of aromatic nitrogens is 3. The van der Waals surface area contributed by atoms with Gasteiger partial charge in [0.2, 0.25) is 0 Å². The predicted molar refractivity (Wildman–Crippen MR) is 96.1 cm³/mol. The summed E-state index contributed by atoms with van der Waals surface area (Å²) in [5.41, 5.74) is 1.13. The SMILES string of the molecule is CC[C@H](NC(=O)N1C[C@@H](n2ccnn2)[C@@H](N(C)C)C1)c1ccccc1. The van der Waals surface area contributed by atoms with E-state index in [2.05, 4.69) is 39.6 Å². The van der Waals surface area contributed by atoms with Gasteiger partial charge in [0.25, 0.3) is 0 Å². The zero-order valence-electron chi connectivity index (χ0n) is 15.0. The lowest BCUT2D eigenvalue weighted by atomic mass is 10.1. The first kappa shape index (κ1) is 17.4. The molecule has 2 aromatic rings. The van der Waals surface area contributed by atoms with Crippen molar-refractivity contribution in [2.75, 3.05) is 27.2 Å². The van der Waals surface area contributed by atoms with Gasteiger partial charge in [-0.3, -0.25) is 0 Å². The van der Waals surface area contributed by atoms with Gasteiger partial charge in [0.15, 0.2) is 0 Å². The highest BCUT2D eigenvalue weighted by Crippen LogP contribution is 2.25. The molecule has 0 saturated carbocycles. The Morgan fingerprint density at radius 3 is 2.68 bits per heavy atom. The van der Waals surface area contributed by atoms with Crippen LogP contribution in [-0.2, 0) is 0 Å². The van der Waals surface area contributed by atoms with Crippen LogP contribution in [0.1, 0.15) is 31.0 Å². The number of nitrogens with zero attached hydrogens (tertiary/aromatic N) is 5. The molecule has 0 spiro atoms. The van der Waals surface area contributed by atoms with Crippen molar-refractivity contribution in [2.45, 2.75) is 31.5 Å². The number of amides is 2. The second-order valence-electron chi connectivity index (χ2n) is 6.71. The molecule has 7 nitrogen and oxygen atoms in total. The van der Waals surface area contributed by atoms with Gasteiger partial charge in [-0.05, 0) is 26.1 Å². The maximum Gasteiger partial charge on any atom is 0.318 e. The topological polar surface area (TPSA) is 66.3 Å². The van der Waals surface area contributed by atoms with Gasteiger partial charge < -0.3 is 15.1 Å². The molecular weight excluding hydrogens is 316 g/mol. The minimum atomic E-state index is -0.0230. The Morgan fingerprint density at radius 1 is 1.32 bits per heavy atom. The van der Waals surface area contributed by atoms with Crippen LogP contribution in [0.2, 0.25) is 0 Å². The fourth-order valence-corrected chi connectivity index (χ4v) is 3.44. The number of urea groups is 1. The summed E-state index contributed by atoms with van der Waals surface area (Å²) in [6.45, 7) is 3.39. The first-order valence-electron chi connectivity index (χ1n) is 8.72. The van der Waals surface area contributed by atoms with E-state index in [-0.39, 0.29) is 24.2 Å². The minimum absolute atomic E-state index is 0.0230. The van der Waals surface area contributed by atoms with Crippen molar-refractivity contribution >= 4 is 6.03 Å². The Bertz CT molecular complexity index is 672. The second kappa shape index (κ2) is 7.65. The van der Waals surface area contributed by atoms with E-state index in [1.54, 1.807) is 6.20 Å². The molecule has 1 aliphatic rings. The van der Waals surface area contributed by atoms with Gasteiger partial charge in [0, 0.05) is 19.3 Å². The minimum Gasteiger partial charge on any atom is -0.331 e. The van der Waals surface area contributed by atoms with Crippen molar-refractivity contribution in [2.24, 2.45) is 0 Å². The number of carbonyl (C=O) groups excluding carboxylic acids is 1. The predicted octanol–water partition coefficient (Wildman–Crippen LogP) is 1.93. The summed E-state index contributed by atoms with van der Waals surface area (Å²) < 4.78 is 1.85. The van der Waals surface area contributed by atoms with Crippen LogP contribution in [0.5, 0.6) is 0 Å². The Labute approximate surface area is 148 Å². The summed E-state index contributed by atoms with van der Waals surface area (Å²) in [5, 5.41) is 11.2. The molecule has 25 heavy (non-hydrogen) atoms. The molecule has 2 amide bonds. The van der Waals surface area contributed by atoms with E-state index >= 15 is 0 Å². The molecule has 134 valence electrons. The normalized spacial score (nSPS) is 21.5. The molecule has 1 aromatic heterocycles. The highest BCUT2D eigenvalue weighted by atomic mass is 16.2. The summed E-state index contributed by atoms with van der Waals surface area (Å²) in [4.78, 5) is 16.8. The molecule has 1 saturated heterocycles. The van der Waals surface area contributed by atoms with Gasteiger partial charge in [-0.1, -0.05) is 42.5 Å². The van der Waals surface area contributed by atoms with Crippen LogP contribution < -0.4 is 5.32 Å². The lowest BCUT2D eigenvalue weighted by molar-refractivity contribution is 0.199. The molecule has 1 aliphatic heterocycles. The third-order valence-electron chi connectivity index (χ3n) is 4.90. The first-order valence-corrected chi connectivity index (χ1v) is 8.72. The summed E-state index contributed by atoms with van der Waals surface area (Å²) in [7, 11) is 4.07. The smallest absolute Gasteiger partial charge is 0.318 e. The average molecular weight is 342 g/mol. The molecule has 1 fully saturated rings. The summed E-state index contributed by atoms with van der Waals surface area (Å²) in [6, 6.07) is 10.4. The Kier molecular flexibility index (Phi) is 5.33. The number of nitrogens with one attached hydrogen (secondary N) is 1. The van der Waals surface area contributed by atoms with Gasteiger partial charge in [0.05, 0.1) is 24.3 Å². The highest BCUT2D eigenvalue weighted by molar-refractivity contribution is 5.75. The van der Waals surface area contributed by atoms with Crippen LogP contribution in [0.4, 0.5) is 4.79 Å². The fraction of sp³-hybridized carbons (Fsp3) is 0.500. The van der Waals surface area contributed by atoms with E-state index in [1.165, 1.54) is 0 Å². The number of hydrogen-bond acceptors (Lipinski definition) is 4. The lowest BCUT2D eigenvalue weighted by Gasteiger charge is -2.24. The Balaban J connectivity index is 1.70. The molecule has 2 heterocycles. The molecule has 0 unspecified atom stereocenters. The summed E-state index contributed by atoms with van der Waals surface area (Å²) in [6.07, 6.45) is 4.40. The maximum atomic E-state index is 12.8. The van der Waals surface area contributed by atoms with Crippen LogP contribution in [0.15, 0.2) is 42.7 Å². The van der Waals surface area contributed by atoms with Gasteiger partial charge >= 0.3 is 6.03 Å². The Morgan fingerprint density at radius 2 is 2.08 bits per heavy atom. The van der Waals surface area contributed by atoms with Crippen molar-refractivity contribution in [1.82, 2.24) is 30.1 Å². The van der Waals surface area contributed by atoms with Crippen molar-refractivity contribution < 1.29 is 4.79 Å². The molecule has 3 rings (SSSR count). The maximum absolute atomic E-state index is 12.8. The van der Waals surface area contributed by atoms with E-state index in [0.29, 0.717) is 13.1 Å². The molecule has 7 heteroatoms. The number of rotatable bonds is 5. The van der Waals surface area contributed by atoms with Crippen LogP contribution >= 0.6 is 0 Å². The fourth-order valence-electron chi connectivity index (χ4n) is 3.44. The lowest BCUT2D eigenvalue weighted by Crippen LogP contribution is -2.42. The van der Waals surface area contributed by atoms with Gasteiger partial charge in [-0.25, -0.2) is 9.48 Å². The zero-order chi connectivity index (χ0) is 17.8. The van der Waals surface area contributed by atoms with Crippen LogP contribution in [0.3, 0.4) is 0 Å². The molecule has 0 radical (unpaired) electrons. The van der Waals surface area contributed by atoms with Crippen molar-refractivity contribution in [3.05, 3.63) is 48.3 Å². The molecule has 0 bridgehead atoms. The van der Waals surface area contributed by atoms with Gasteiger partial charge in [-0.2, -0.15) is 0 Å². The zero-order valence-corrected chi connectivity index (χ0v) is 15.0. The second-order valence-corrected chi connectivity index (χ2v) is 6.71. The van der Waals surface area contributed by atoms with Crippen molar-refractivity contribution in [3.63, 3.8) is 0 Å². The quantitative estimate of drug-likeness (QED) is 0.902. The summed E-state index contributed by atoms with van der Waals surface area (Å²) >= 11 is 0. The van der Waals surface area contributed by atoms with Gasteiger partial charge in [-0.15, -0.1) is 5.10 Å². The van der Waals surface area contributed by atoms with E-state index in [4.69, 9.17) is 0 Å². The summed E-state index contributed by atoms with van der Waals surface area (Å²) in [5.74, 6) is 0. The third kappa shape index (κ3) is 3.82. The number of likely N-dealkylation sites (tertiary alicyclic amines) is 1. The van der Waals surface area contributed by atoms with Crippen LogP contribution in [-0.4, -0.2) is 64.1 Å².